The molecule has 2 rings (SSSR count). The highest BCUT2D eigenvalue weighted by molar-refractivity contribution is 7.99. The first-order valence-electron chi connectivity index (χ1n) is 5.96. The second-order valence-corrected chi connectivity index (χ2v) is 5.13. The second kappa shape index (κ2) is 6.51. The zero-order valence-corrected chi connectivity index (χ0v) is 11.8. The van der Waals surface area contributed by atoms with Crippen LogP contribution < -0.4 is 0 Å². The number of nitrogens with zero attached hydrogens (tertiary/aromatic N) is 2. The Morgan fingerprint density at radius 3 is 2.70 bits per heavy atom. The minimum Gasteiger partial charge on any atom is -0.462 e. The molecule has 7 heteroatoms. The number of halogens is 1. The summed E-state index contributed by atoms with van der Waals surface area (Å²) in [7, 11) is 0. The Hall–Kier alpha value is -1.89. The molecule has 0 aliphatic heterocycles. The number of carbonyl (C=O) groups excluding carboxylic acids is 1. The van der Waals surface area contributed by atoms with Crippen LogP contribution in [0.4, 0.5) is 4.39 Å². The van der Waals surface area contributed by atoms with Crippen molar-refractivity contribution in [2.75, 3.05) is 5.75 Å². The molecule has 0 fully saturated rings. The standard InChI is InChI=1S/C13H13FN2O3S/c1-8(2)18-11(17)7-20-13-16-15-12(19-13)9-3-5-10(14)6-4-9/h3-6,8H,7H2,1-2H3. The van der Waals surface area contributed by atoms with Crippen molar-refractivity contribution in [3.8, 4) is 11.5 Å². The smallest absolute Gasteiger partial charge is 0.316 e. The lowest BCUT2D eigenvalue weighted by atomic mass is 10.2. The number of hydrogen-bond donors (Lipinski definition) is 0. The fourth-order valence-corrected chi connectivity index (χ4v) is 1.94. The van der Waals surface area contributed by atoms with Gasteiger partial charge in [0.15, 0.2) is 0 Å². The quantitative estimate of drug-likeness (QED) is 0.624. The number of aromatic nitrogens is 2. The van der Waals surface area contributed by atoms with Gasteiger partial charge in [-0.25, -0.2) is 4.39 Å². The van der Waals surface area contributed by atoms with Crippen LogP contribution in [-0.2, 0) is 9.53 Å². The Morgan fingerprint density at radius 2 is 2.05 bits per heavy atom. The van der Waals surface area contributed by atoms with E-state index in [4.69, 9.17) is 9.15 Å². The number of ether oxygens (including phenoxy) is 1. The normalized spacial score (nSPS) is 10.8. The summed E-state index contributed by atoms with van der Waals surface area (Å²) in [6.45, 7) is 3.56. The summed E-state index contributed by atoms with van der Waals surface area (Å²) < 4.78 is 23.2. The van der Waals surface area contributed by atoms with Crippen LogP contribution in [0, 0.1) is 5.82 Å². The van der Waals surface area contributed by atoms with Crippen LogP contribution in [0.2, 0.25) is 0 Å². The van der Waals surface area contributed by atoms with Gasteiger partial charge in [-0.15, -0.1) is 10.2 Å². The number of rotatable bonds is 5. The van der Waals surface area contributed by atoms with Gasteiger partial charge < -0.3 is 9.15 Å². The highest BCUT2D eigenvalue weighted by Crippen LogP contribution is 2.23. The molecule has 2 aromatic rings. The molecule has 0 unspecified atom stereocenters. The van der Waals surface area contributed by atoms with Crippen molar-refractivity contribution >= 4 is 17.7 Å². The van der Waals surface area contributed by atoms with Crippen molar-refractivity contribution in [3.05, 3.63) is 30.1 Å². The second-order valence-electron chi connectivity index (χ2n) is 4.21. The third-order valence-electron chi connectivity index (χ3n) is 2.18. The van der Waals surface area contributed by atoms with E-state index in [1.54, 1.807) is 26.0 Å². The molecule has 0 aliphatic carbocycles. The molecule has 0 saturated carbocycles. The molecule has 106 valence electrons. The van der Waals surface area contributed by atoms with Crippen molar-refractivity contribution < 1.29 is 18.3 Å². The SMILES string of the molecule is CC(C)OC(=O)CSc1nnc(-c2ccc(F)cc2)o1. The molecular weight excluding hydrogens is 283 g/mol. The Kier molecular flexibility index (Phi) is 4.73. The van der Waals surface area contributed by atoms with Gasteiger partial charge in [0.1, 0.15) is 11.6 Å². The maximum atomic E-state index is 12.8. The van der Waals surface area contributed by atoms with Crippen LogP contribution in [0.5, 0.6) is 0 Å². The highest BCUT2D eigenvalue weighted by Gasteiger charge is 2.12. The molecular formula is C13H13FN2O3S. The summed E-state index contributed by atoms with van der Waals surface area (Å²) in [5.41, 5.74) is 0.621. The predicted molar refractivity (Wildman–Crippen MR) is 71.6 cm³/mol. The van der Waals surface area contributed by atoms with Gasteiger partial charge in [0.05, 0.1) is 6.10 Å². The van der Waals surface area contributed by atoms with Crippen LogP contribution >= 0.6 is 11.8 Å². The molecule has 1 aromatic carbocycles. The van der Waals surface area contributed by atoms with E-state index in [1.165, 1.54) is 12.1 Å². The van der Waals surface area contributed by atoms with Crippen molar-refractivity contribution in [3.63, 3.8) is 0 Å². The third kappa shape index (κ3) is 4.06. The van der Waals surface area contributed by atoms with E-state index in [2.05, 4.69) is 10.2 Å². The summed E-state index contributed by atoms with van der Waals surface area (Å²) in [5.74, 6) is -0.293. The zero-order chi connectivity index (χ0) is 14.5. The molecule has 0 saturated heterocycles. The van der Waals surface area contributed by atoms with Crippen molar-refractivity contribution in [2.24, 2.45) is 0 Å². The number of thioether (sulfide) groups is 1. The topological polar surface area (TPSA) is 65.2 Å². The van der Waals surface area contributed by atoms with E-state index in [-0.39, 0.29) is 34.8 Å². The molecule has 0 radical (unpaired) electrons. The molecule has 1 heterocycles. The van der Waals surface area contributed by atoms with E-state index in [0.29, 0.717) is 5.56 Å². The fourth-order valence-electron chi connectivity index (χ4n) is 1.39. The molecule has 5 nitrogen and oxygen atoms in total. The lowest BCUT2D eigenvalue weighted by molar-refractivity contribution is -0.144. The average molecular weight is 296 g/mol. The van der Waals surface area contributed by atoms with Crippen LogP contribution in [0.25, 0.3) is 11.5 Å². The van der Waals surface area contributed by atoms with Gasteiger partial charge in [-0.2, -0.15) is 0 Å². The van der Waals surface area contributed by atoms with E-state index in [0.717, 1.165) is 11.8 Å². The highest BCUT2D eigenvalue weighted by atomic mass is 32.2. The third-order valence-corrected chi connectivity index (χ3v) is 2.97. The summed E-state index contributed by atoms with van der Waals surface area (Å²) in [6.07, 6.45) is -0.152. The van der Waals surface area contributed by atoms with Crippen LogP contribution in [-0.4, -0.2) is 28.0 Å². The monoisotopic (exact) mass is 296 g/mol. The lowest BCUT2D eigenvalue weighted by Crippen LogP contribution is -2.13. The Labute approximate surface area is 119 Å². The maximum Gasteiger partial charge on any atom is 0.316 e. The largest absolute Gasteiger partial charge is 0.462 e. The fraction of sp³-hybridized carbons (Fsp3) is 0.308. The first-order valence-corrected chi connectivity index (χ1v) is 6.95. The maximum absolute atomic E-state index is 12.8. The lowest BCUT2D eigenvalue weighted by Gasteiger charge is -2.05. The molecule has 0 spiro atoms. The van der Waals surface area contributed by atoms with Gasteiger partial charge >= 0.3 is 5.97 Å². The summed E-state index contributed by atoms with van der Waals surface area (Å²) in [4.78, 5) is 11.4. The van der Waals surface area contributed by atoms with E-state index in [1.807, 2.05) is 0 Å². The zero-order valence-electron chi connectivity index (χ0n) is 11.0. The van der Waals surface area contributed by atoms with E-state index >= 15 is 0 Å². The van der Waals surface area contributed by atoms with Crippen molar-refractivity contribution in [1.29, 1.82) is 0 Å². The Bertz CT molecular complexity index is 584. The number of benzene rings is 1. The Balaban J connectivity index is 1.95. The summed E-state index contributed by atoms with van der Waals surface area (Å²) in [5, 5.41) is 7.92. The average Bonchev–Trinajstić information content (AvgIpc) is 2.85. The van der Waals surface area contributed by atoms with Gasteiger partial charge in [-0.3, -0.25) is 4.79 Å². The van der Waals surface area contributed by atoms with Crippen LogP contribution in [0.1, 0.15) is 13.8 Å². The summed E-state index contributed by atoms with van der Waals surface area (Å²) >= 11 is 1.10. The summed E-state index contributed by atoms with van der Waals surface area (Å²) in [6, 6.07) is 5.72. The van der Waals surface area contributed by atoms with Gasteiger partial charge in [-0.05, 0) is 38.1 Å². The molecule has 0 N–H and O–H groups in total. The number of carbonyl (C=O) groups is 1. The van der Waals surface area contributed by atoms with Crippen molar-refractivity contribution in [1.82, 2.24) is 10.2 Å². The first-order chi connectivity index (χ1) is 9.54. The molecule has 0 aliphatic rings. The predicted octanol–water partition coefficient (Wildman–Crippen LogP) is 2.92. The van der Waals surface area contributed by atoms with Gasteiger partial charge in [0.2, 0.25) is 5.89 Å². The molecule has 1 aromatic heterocycles. The Morgan fingerprint density at radius 1 is 1.35 bits per heavy atom. The molecule has 0 atom stereocenters. The van der Waals surface area contributed by atoms with Crippen LogP contribution in [0.3, 0.4) is 0 Å². The minimum absolute atomic E-state index is 0.100. The molecule has 0 amide bonds. The first kappa shape index (κ1) is 14.5. The molecule has 0 bridgehead atoms. The van der Waals surface area contributed by atoms with Gasteiger partial charge in [0, 0.05) is 5.56 Å². The minimum atomic E-state index is -0.341. The molecule has 20 heavy (non-hydrogen) atoms. The number of esters is 1. The van der Waals surface area contributed by atoms with Gasteiger partial charge in [-0.1, -0.05) is 11.8 Å². The van der Waals surface area contributed by atoms with Gasteiger partial charge in [0.25, 0.3) is 5.22 Å². The van der Waals surface area contributed by atoms with Crippen LogP contribution in [0.15, 0.2) is 33.9 Å². The number of hydrogen-bond acceptors (Lipinski definition) is 6. The van der Waals surface area contributed by atoms with E-state index in [9.17, 15) is 9.18 Å². The van der Waals surface area contributed by atoms with E-state index < -0.39 is 0 Å². The van der Waals surface area contributed by atoms with Crippen molar-refractivity contribution in [2.45, 2.75) is 25.2 Å².